The zero-order valence-corrected chi connectivity index (χ0v) is 22.0. The number of carbonyl (C=O) groups is 4. The molecule has 13 nitrogen and oxygen atoms in total. The first kappa shape index (κ1) is 26.6. The predicted octanol–water partition coefficient (Wildman–Crippen LogP) is 1.09. The van der Waals surface area contributed by atoms with Gasteiger partial charge in [0, 0.05) is 16.0 Å². The zero-order chi connectivity index (χ0) is 26.9. The van der Waals surface area contributed by atoms with E-state index >= 15 is 0 Å². The van der Waals surface area contributed by atoms with Gasteiger partial charge in [-0.3, -0.25) is 19.3 Å². The van der Waals surface area contributed by atoms with Crippen LogP contribution in [0.15, 0.2) is 26.1 Å². The van der Waals surface area contributed by atoms with E-state index in [9.17, 15) is 24.3 Å². The Morgan fingerprint density at radius 1 is 1.35 bits per heavy atom. The summed E-state index contributed by atoms with van der Waals surface area (Å²) in [7, 11) is 1.27. The monoisotopic (exact) mass is 566 g/mol. The molecule has 4 heterocycles. The second kappa shape index (κ2) is 10.9. The molecule has 0 unspecified atom stereocenters. The van der Waals surface area contributed by atoms with Gasteiger partial charge in [-0.15, -0.1) is 22.7 Å². The number of amides is 2. The molecule has 1 fully saturated rings. The normalized spacial score (nSPS) is 19.4. The average molecular weight is 567 g/mol. The van der Waals surface area contributed by atoms with Gasteiger partial charge in [0.25, 0.3) is 11.8 Å². The number of nitrogen functional groups attached to an aromatic ring is 1. The number of hydrogen-bond donors (Lipinski definition) is 4. The molecule has 0 radical (unpaired) electrons. The quantitative estimate of drug-likeness (QED) is 0.139. The number of carbonyl (C=O) groups excluding carboxylic acids is 2. The van der Waals surface area contributed by atoms with Gasteiger partial charge in [0.15, 0.2) is 15.2 Å². The molecule has 16 heteroatoms. The van der Waals surface area contributed by atoms with Crippen molar-refractivity contribution in [1.82, 2.24) is 20.2 Å². The Labute approximate surface area is 222 Å². The molecular formula is C21H22N6O7S3. The number of nitrogens with zero attached hydrogens (tertiary/aromatic N) is 4. The number of thioether (sulfide) groups is 1. The average Bonchev–Trinajstić information content (AvgIpc) is 3.42. The molecule has 2 aromatic heterocycles. The van der Waals surface area contributed by atoms with Gasteiger partial charge in [0.2, 0.25) is 0 Å². The lowest BCUT2D eigenvalue weighted by molar-refractivity contribution is -0.155. The van der Waals surface area contributed by atoms with Crippen molar-refractivity contribution in [2.24, 2.45) is 5.16 Å². The number of nitrogens with one attached hydrogen (secondary N) is 1. The van der Waals surface area contributed by atoms with E-state index in [1.165, 1.54) is 40.5 Å². The Bertz CT molecular complexity index is 1330. The lowest BCUT2D eigenvalue weighted by Gasteiger charge is -2.50. The summed E-state index contributed by atoms with van der Waals surface area (Å²) < 4.78 is 0.626. The van der Waals surface area contributed by atoms with Crippen molar-refractivity contribution in [2.45, 2.75) is 42.6 Å². The number of anilines is 1. The van der Waals surface area contributed by atoms with Crippen LogP contribution in [0.4, 0.5) is 5.13 Å². The van der Waals surface area contributed by atoms with Crippen LogP contribution in [-0.2, 0) is 30.4 Å². The number of carboxylic acid groups (broad SMARTS) is 2. The molecule has 5 N–H and O–H groups in total. The predicted molar refractivity (Wildman–Crippen MR) is 135 cm³/mol. The molecule has 0 bridgehead atoms. The molecule has 4 rings (SSSR count). The number of fused-ring (bicyclic) bond motifs is 1. The first-order valence-electron chi connectivity index (χ1n) is 10.8. The fraction of sp³-hybridized carbons (Fsp3) is 0.381. The second-order valence-corrected chi connectivity index (χ2v) is 11.3. The highest BCUT2D eigenvalue weighted by molar-refractivity contribution is 8.01. The van der Waals surface area contributed by atoms with Gasteiger partial charge in [0.1, 0.15) is 24.5 Å². The van der Waals surface area contributed by atoms with Crippen molar-refractivity contribution < 1.29 is 34.2 Å². The zero-order valence-electron chi connectivity index (χ0n) is 19.6. The van der Waals surface area contributed by atoms with Crippen LogP contribution in [0.3, 0.4) is 0 Å². The minimum atomic E-state index is -1.24. The fourth-order valence-electron chi connectivity index (χ4n) is 4.10. The summed E-state index contributed by atoms with van der Waals surface area (Å²) in [5, 5.41) is 27.0. The van der Waals surface area contributed by atoms with Crippen LogP contribution in [0.2, 0.25) is 0 Å². The minimum Gasteiger partial charge on any atom is -0.481 e. The summed E-state index contributed by atoms with van der Waals surface area (Å²) in [5.74, 6) is -3.14. The molecule has 2 aliphatic rings. The summed E-state index contributed by atoms with van der Waals surface area (Å²) in [6.45, 7) is 1.73. The van der Waals surface area contributed by atoms with Gasteiger partial charge in [-0.2, -0.15) is 0 Å². The van der Waals surface area contributed by atoms with Crippen LogP contribution in [0.25, 0.3) is 0 Å². The number of oxime groups is 1. The third-order valence-corrected chi connectivity index (χ3v) is 8.80. The molecule has 37 heavy (non-hydrogen) atoms. The molecule has 0 aromatic carbocycles. The number of carboxylic acids is 2. The summed E-state index contributed by atoms with van der Waals surface area (Å²) in [6, 6.07) is -1.45. The topological polar surface area (TPSA) is 197 Å². The maximum absolute atomic E-state index is 13.0. The number of β-lactam (4-membered cyclic amide) rings is 1. The van der Waals surface area contributed by atoms with Crippen molar-refractivity contribution in [3.8, 4) is 0 Å². The molecule has 0 saturated carbocycles. The van der Waals surface area contributed by atoms with Crippen molar-refractivity contribution in [1.29, 1.82) is 0 Å². The van der Waals surface area contributed by atoms with E-state index in [-0.39, 0.29) is 34.4 Å². The molecular weight excluding hydrogens is 544 g/mol. The van der Waals surface area contributed by atoms with Crippen molar-refractivity contribution >= 4 is 69.0 Å². The lowest BCUT2D eigenvalue weighted by Crippen LogP contribution is -2.72. The van der Waals surface area contributed by atoms with E-state index in [0.717, 1.165) is 11.3 Å². The highest BCUT2D eigenvalue weighted by Gasteiger charge is 2.53. The van der Waals surface area contributed by atoms with Gasteiger partial charge in [-0.25, -0.2) is 14.8 Å². The van der Waals surface area contributed by atoms with Crippen molar-refractivity contribution in [3.63, 3.8) is 0 Å². The van der Waals surface area contributed by atoms with E-state index < -0.39 is 35.8 Å². The molecule has 2 amide bonds. The minimum absolute atomic E-state index is 0.101. The molecule has 1 saturated heterocycles. The number of aliphatic carboxylic acids is 2. The van der Waals surface area contributed by atoms with E-state index in [1.54, 1.807) is 6.92 Å². The molecule has 0 aliphatic carbocycles. The number of hydrogen-bond acceptors (Lipinski definition) is 12. The molecule has 2 aliphatic heterocycles. The van der Waals surface area contributed by atoms with Crippen LogP contribution >= 0.6 is 34.4 Å². The maximum Gasteiger partial charge on any atom is 0.352 e. The summed E-state index contributed by atoms with van der Waals surface area (Å²) >= 11 is 3.67. The van der Waals surface area contributed by atoms with Gasteiger partial charge in [0.05, 0.1) is 18.2 Å². The van der Waals surface area contributed by atoms with Gasteiger partial charge < -0.3 is 26.1 Å². The second-order valence-electron chi connectivity index (χ2n) is 8.06. The van der Waals surface area contributed by atoms with Crippen LogP contribution in [0.1, 0.15) is 29.1 Å². The summed E-state index contributed by atoms with van der Waals surface area (Å²) in [5.41, 5.74) is 6.78. The van der Waals surface area contributed by atoms with Crippen LogP contribution in [0.5, 0.6) is 0 Å². The number of aryl methyl sites for hydroxylation is 1. The van der Waals surface area contributed by atoms with Crippen LogP contribution in [-0.4, -0.2) is 79.5 Å². The largest absolute Gasteiger partial charge is 0.481 e. The number of rotatable bonds is 10. The number of nitrogens with two attached hydrogens (primary N) is 1. The number of thiazole rings is 2. The highest BCUT2D eigenvalue weighted by atomic mass is 32.2. The third-order valence-electron chi connectivity index (χ3n) is 5.74. The third kappa shape index (κ3) is 5.45. The van der Waals surface area contributed by atoms with E-state index in [0.29, 0.717) is 33.3 Å². The van der Waals surface area contributed by atoms with E-state index in [4.69, 9.17) is 15.7 Å². The Balaban J connectivity index is 1.47. The maximum atomic E-state index is 13.0. The van der Waals surface area contributed by atoms with E-state index in [1.807, 2.05) is 0 Å². The summed E-state index contributed by atoms with van der Waals surface area (Å²) in [6.07, 6.45) is 0.727. The van der Waals surface area contributed by atoms with E-state index in [2.05, 4.69) is 20.4 Å². The van der Waals surface area contributed by atoms with Crippen molar-refractivity contribution in [3.05, 3.63) is 32.9 Å². The van der Waals surface area contributed by atoms with Crippen LogP contribution in [0, 0.1) is 6.92 Å². The molecule has 2 aromatic rings. The number of aromatic nitrogens is 2. The SMILES string of the molecule is CO/N=C(\C(=O)N[C@@H]1C(=O)N2C(C(=O)O)=C(CSc3nc(C)c(CC(=O)O)s3)CC[C@H]12)c1csc(N)n1. The fourth-order valence-corrected chi connectivity index (χ4v) is 6.92. The molecule has 196 valence electrons. The van der Waals surface area contributed by atoms with Crippen LogP contribution < -0.4 is 11.1 Å². The van der Waals surface area contributed by atoms with Gasteiger partial charge in [-0.05, 0) is 25.3 Å². The molecule has 2 atom stereocenters. The first-order chi connectivity index (χ1) is 17.6. The summed E-state index contributed by atoms with van der Waals surface area (Å²) in [4.78, 5) is 63.9. The van der Waals surface area contributed by atoms with Gasteiger partial charge in [-0.1, -0.05) is 16.9 Å². The lowest BCUT2D eigenvalue weighted by atomic mass is 9.83. The van der Waals surface area contributed by atoms with Crippen molar-refractivity contribution in [2.75, 3.05) is 18.6 Å². The standard InChI is InChI=1S/C21H22N6O7S3/c1-8-12(5-13(28)29)37-21(23-8)36-6-9-3-4-11-15(18(31)27(11)16(9)19(32)33)25-17(30)14(26-34-2)10-7-35-20(22)24-10/h7,11,15H,3-6H2,1-2H3,(H2,22,24)(H,25,30)(H,28,29)(H,32,33)/b26-14-/t11-,15+/m1/s1. The smallest absolute Gasteiger partial charge is 0.352 e. The Morgan fingerprint density at radius 2 is 2.11 bits per heavy atom. The first-order valence-corrected chi connectivity index (χ1v) is 13.5. The Morgan fingerprint density at radius 3 is 2.73 bits per heavy atom. The molecule has 0 spiro atoms. The Hall–Kier alpha value is -3.50. The van der Waals surface area contributed by atoms with Gasteiger partial charge >= 0.3 is 11.9 Å². The Kier molecular flexibility index (Phi) is 7.79. The highest BCUT2D eigenvalue weighted by Crippen LogP contribution is 2.39.